The summed E-state index contributed by atoms with van der Waals surface area (Å²) in [6.45, 7) is 6.17. The van der Waals surface area contributed by atoms with Crippen LogP contribution in [-0.2, 0) is 9.59 Å². The van der Waals surface area contributed by atoms with Crippen molar-refractivity contribution in [3.05, 3.63) is 29.3 Å². The third-order valence-electron chi connectivity index (χ3n) is 3.94. The summed E-state index contributed by atoms with van der Waals surface area (Å²) in [5.41, 5.74) is 2.33. The summed E-state index contributed by atoms with van der Waals surface area (Å²) in [6.07, 6.45) is 0. The van der Waals surface area contributed by atoms with Gasteiger partial charge >= 0.3 is 0 Å². The van der Waals surface area contributed by atoms with Gasteiger partial charge in [-0.1, -0.05) is 6.07 Å². The Morgan fingerprint density at radius 3 is 2.18 bits per heavy atom. The number of rotatable bonds is 4. The van der Waals surface area contributed by atoms with E-state index in [1.165, 1.54) is 5.56 Å². The molecule has 0 aromatic heterocycles. The molecular weight excluding hydrogens is 304 g/mol. The molecule has 120 valence electrons. The number of hydrogen-bond donors (Lipinski definition) is 0. The van der Waals surface area contributed by atoms with Crippen LogP contribution < -0.4 is 4.74 Å². The molecule has 0 unspecified atom stereocenters. The molecule has 22 heavy (non-hydrogen) atoms. The third-order valence-corrected chi connectivity index (χ3v) is 4.17. The van der Waals surface area contributed by atoms with Gasteiger partial charge in [0.2, 0.25) is 5.91 Å². The molecule has 5 nitrogen and oxygen atoms in total. The molecule has 2 amide bonds. The van der Waals surface area contributed by atoms with Crippen molar-refractivity contribution >= 4 is 23.4 Å². The van der Waals surface area contributed by atoms with Crippen molar-refractivity contribution in [3.8, 4) is 5.75 Å². The van der Waals surface area contributed by atoms with Crippen LogP contribution in [0.5, 0.6) is 5.75 Å². The number of alkyl halides is 1. The second-order valence-corrected chi connectivity index (χ2v) is 5.70. The van der Waals surface area contributed by atoms with Crippen LogP contribution in [0.15, 0.2) is 18.2 Å². The van der Waals surface area contributed by atoms with Gasteiger partial charge in [-0.25, -0.2) is 0 Å². The number of amides is 2. The van der Waals surface area contributed by atoms with E-state index in [0.717, 1.165) is 5.56 Å². The Kier molecular flexibility index (Phi) is 5.66. The van der Waals surface area contributed by atoms with Crippen molar-refractivity contribution in [1.29, 1.82) is 0 Å². The molecule has 2 rings (SSSR count). The number of carbonyl (C=O) groups excluding carboxylic acids is 2. The van der Waals surface area contributed by atoms with Crippen LogP contribution in [0.3, 0.4) is 0 Å². The molecule has 0 N–H and O–H groups in total. The summed E-state index contributed by atoms with van der Waals surface area (Å²) >= 11 is 5.53. The van der Waals surface area contributed by atoms with Gasteiger partial charge in [-0.15, -0.1) is 11.6 Å². The highest BCUT2D eigenvalue weighted by atomic mass is 35.5. The van der Waals surface area contributed by atoms with E-state index in [1.807, 2.05) is 32.0 Å². The second-order valence-electron chi connectivity index (χ2n) is 5.43. The highest BCUT2D eigenvalue weighted by Crippen LogP contribution is 2.16. The molecule has 1 aliphatic rings. The zero-order valence-corrected chi connectivity index (χ0v) is 13.7. The highest BCUT2D eigenvalue weighted by Gasteiger charge is 2.23. The first-order chi connectivity index (χ1) is 10.5. The molecule has 1 heterocycles. The van der Waals surface area contributed by atoms with Crippen LogP contribution in [0.1, 0.15) is 11.1 Å². The Balaban J connectivity index is 1.81. The number of benzene rings is 1. The van der Waals surface area contributed by atoms with E-state index in [4.69, 9.17) is 16.3 Å². The van der Waals surface area contributed by atoms with Crippen molar-refractivity contribution in [2.45, 2.75) is 13.8 Å². The lowest BCUT2D eigenvalue weighted by Gasteiger charge is -2.34. The molecule has 0 aliphatic carbocycles. The van der Waals surface area contributed by atoms with E-state index in [2.05, 4.69) is 0 Å². The van der Waals surface area contributed by atoms with Gasteiger partial charge in [-0.2, -0.15) is 0 Å². The summed E-state index contributed by atoms with van der Waals surface area (Å²) < 4.78 is 5.56. The molecule has 0 bridgehead atoms. The van der Waals surface area contributed by atoms with E-state index >= 15 is 0 Å². The van der Waals surface area contributed by atoms with Crippen molar-refractivity contribution < 1.29 is 14.3 Å². The van der Waals surface area contributed by atoms with E-state index in [-0.39, 0.29) is 24.3 Å². The minimum atomic E-state index is -0.0832. The summed E-state index contributed by atoms with van der Waals surface area (Å²) in [5, 5.41) is 0. The van der Waals surface area contributed by atoms with Gasteiger partial charge in [0.15, 0.2) is 6.61 Å². The Morgan fingerprint density at radius 2 is 1.64 bits per heavy atom. The van der Waals surface area contributed by atoms with Crippen LogP contribution in [0, 0.1) is 13.8 Å². The van der Waals surface area contributed by atoms with Gasteiger partial charge < -0.3 is 14.5 Å². The van der Waals surface area contributed by atoms with Crippen LogP contribution in [0.2, 0.25) is 0 Å². The normalized spacial score (nSPS) is 14.9. The van der Waals surface area contributed by atoms with Gasteiger partial charge in [0.1, 0.15) is 11.6 Å². The van der Waals surface area contributed by atoms with Gasteiger partial charge in [0.05, 0.1) is 0 Å². The highest BCUT2D eigenvalue weighted by molar-refractivity contribution is 6.27. The van der Waals surface area contributed by atoms with Crippen molar-refractivity contribution in [2.24, 2.45) is 0 Å². The first kappa shape index (κ1) is 16.6. The summed E-state index contributed by atoms with van der Waals surface area (Å²) in [7, 11) is 0. The zero-order valence-electron chi connectivity index (χ0n) is 13.0. The zero-order chi connectivity index (χ0) is 16.1. The number of aryl methyl sites for hydroxylation is 2. The fourth-order valence-corrected chi connectivity index (χ4v) is 2.50. The average molecular weight is 325 g/mol. The Hall–Kier alpha value is -1.75. The maximum Gasteiger partial charge on any atom is 0.260 e. The lowest BCUT2D eigenvalue weighted by Crippen LogP contribution is -2.51. The topological polar surface area (TPSA) is 49.9 Å². The molecule has 0 radical (unpaired) electrons. The number of nitrogens with zero attached hydrogens (tertiary/aromatic N) is 2. The van der Waals surface area contributed by atoms with E-state index in [0.29, 0.717) is 31.9 Å². The summed E-state index contributed by atoms with van der Waals surface area (Å²) in [4.78, 5) is 27.0. The molecule has 6 heteroatoms. The first-order valence-electron chi connectivity index (χ1n) is 7.33. The van der Waals surface area contributed by atoms with Crippen molar-refractivity contribution in [2.75, 3.05) is 38.7 Å². The lowest BCUT2D eigenvalue weighted by molar-refractivity contribution is -0.139. The Labute approximate surface area is 135 Å². The first-order valence-corrected chi connectivity index (χ1v) is 7.86. The van der Waals surface area contributed by atoms with Gasteiger partial charge in [-0.05, 0) is 37.1 Å². The number of ether oxygens (including phenoxy) is 1. The number of piperazine rings is 1. The van der Waals surface area contributed by atoms with Crippen LogP contribution in [0.25, 0.3) is 0 Å². The fraction of sp³-hybridized carbons (Fsp3) is 0.500. The molecule has 0 atom stereocenters. The SMILES string of the molecule is Cc1ccc(OCC(=O)N2CCN(C(=O)CCl)CC2)cc1C. The molecule has 1 aliphatic heterocycles. The third kappa shape index (κ3) is 4.13. The predicted octanol–water partition coefficient (Wildman–Crippen LogP) is 1.59. The Bertz CT molecular complexity index is 554. The maximum atomic E-state index is 12.1. The molecule has 1 aromatic rings. The van der Waals surface area contributed by atoms with E-state index in [9.17, 15) is 9.59 Å². The molecule has 1 fully saturated rings. The van der Waals surface area contributed by atoms with E-state index < -0.39 is 0 Å². The second kappa shape index (κ2) is 7.49. The minimum Gasteiger partial charge on any atom is -0.484 e. The predicted molar refractivity (Wildman–Crippen MR) is 85.3 cm³/mol. The molecule has 0 spiro atoms. The number of halogens is 1. The number of hydrogen-bond acceptors (Lipinski definition) is 3. The largest absolute Gasteiger partial charge is 0.484 e. The standard InChI is InChI=1S/C16H21ClN2O3/c1-12-3-4-14(9-13(12)2)22-11-16(21)19-7-5-18(6-8-19)15(20)10-17/h3-4,9H,5-8,10-11H2,1-2H3. The molecular formula is C16H21ClN2O3. The average Bonchev–Trinajstić information content (AvgIpc) is 2.55. The van der Waals surface area contributed by atoms with Crippen LogP contribution in [0.4, 0.5) is 0 Å². The number of carbonyl (C=O) groups is 2. The molecule has 0 saturated carbocycles. The van der Waals surface area contributed by atoms with Gasteiger partial charge in [-0.3, -0.25) is 9.59 Å². The summed E-state index contributed by atoms with van der Waals surface area (Å²) in [5.74, 6) is 0.549. The fourth-order valence-electron chi connectivity index (χ4n) is 2.33. The van der Waals surface area contributed by atoms with Crippen LogP contribution >= 0.6 is 11.6 Å². The van der Waals surface area contributed by atoms with Crippen LogP contribution in [-0.4, -0.2) is 60.3 Å². The lowest BCUT2D eigenvalue weighted by atomic mass is 10.1. The molecule has 1 saturated heterocycles. The van der Waals surface area contributed by atoms with Gasteiger partial charge in [0, 0.05) is 26.2 Å². The van der Waals surface area contributed by atoms with Crippen molar-refractivity contribution in [1.82, 2.24) is 9.80 Å². The van der Waals surface area contributed by atoms with Crippen molar-refractivity contribution in [3.63, 3.8) is 0 Å². The van der Waals surface area contributed by atoms with Gasteiger partial charge in [0.25, 0.3) is 5.91 Å². The minimum absolute atomic E-state index is 0.0101. The monoisotopic (exact) mass is 324 g/mol. The molecule has 1 aromatic carbocycles. The Morgan fingerprint density at radius 1 is 1.05 bits per heavy atom. The smallest absolute Gasteiger partial charge is 0.260 e. The quantitative estimate of drug-likeness (QED) is 0.790. The van der Waals surface area contributed by atoms with E-state index in [1.54, 1.807) is 9.80 Å². The summed E-state index contributed by atoms with van der Waals surface area (Å²) in [6, 6.07) is 5.78. The maximum absolute atomic E-state index is 12.1.